The highest BCUT2D eigenvalue weighted by atomic mass is 15.3. The minimum absolute atomic E-state index is 0.122. The van der Waals surface area contributed by atoms with Gasteiger partial charge in [-0.3, -0.25) is 4.57 Å². The highest BCUT2D eigenvalue weighted by Gasteiger charge is 2.15. The Labute approximate surface area is 195 Å². The third-order valence-electron chi connectivity index (χ3n) is 6.01. The van der Waals surface area contributed by atoms with Crippen LogP contribution in [-0.4, -0.2) is 14.8 Å². The zero-order valence-electron chi connectivity index (χ0n) is 19.2. The largest absolute Gasteiger partial charge is 0.282 e. The highest BCUT2D eigenvalue weighted by Crippen LogP contribution is 2.29. The Morgan fingerprint density at radius 3 is 1.82 bits per heavy atom. The van der Waals surface area contributed by atoms with Crippen molar-refractivity contribution in [3.8, 4) is 39.3 Å². The van der Waals surface area contributed by atoms with E-state index < -0.39 is 0 Å². The molecule has 0 spiro atoms. The fourth-order valence-corrected chi connectivity index (χ4v) is 4.06. The SMILES string of the molecule is CC(C)(C)c1ccc(-c2nncn2-c2cccc(-c3ccc(-c4ccccc4)cc3)c2)cc1. The van der Waals surface area contributed by atoms with Crippen LogP contribution in [0.15, 0.2) is 109 Å². The van der Waals surface area contributed by atoms with Gasteiger partial charge in [0, 0.05) is 11.3 Å². The Kier molecular flexibility index (Phi) is 5.39. The predicted molar refractivity (Wildman–Crippen MR) is 136 cm³/mol. The van der Waals surface area contributed by atoms with Crippen molar-refractivity contribution in [3.63, 3.8) is 0 Å². The molecule has 0 unspecified atom stereocenters. The molecular weight excluding hydrogens is 402 g/mol. The molecule has 0 N–H and O–H groups in total. The molecule has 3 nitrogen and oxygen atoms in total. The molecule has 0 aliphatic carbocycles. The second kappa shape index (κ2) is 8.51. The van der Waals surface area contributed by atoms with Crippen molar-refractivity contribution in [3.05, 3.63) is 115 Å². The molecule has 0 saturated heterocycles. The van der Waals surface area contributed by atoms with Crippen molar-refractivity contribution in [1.29, 1.82) is 0 Å². The Bertz CT molecular complexity index is 1360. The first-order valence-electron chi connectivity index (χ1n) is 11.3. The minimum Gasteiger partial charge on any atom is -0.282 e. The molecule has 5 rings (SSSR count). The number of hydrogen-bond acceptors (Lipinski definition) is 2. The zero-order chi connectivity index (χ0) is 22.8. The van der Waals surface area contributed by atoms with E-state index in [4.69, 9.17) is 0 Å². The fraction of sp³-hybridized carbons (Fsp3) is 0.133. The van der Waals surface area contributed by atoms with Crippen LogP contribution in [0.1, 0.15) is 26.3 Å². The van der Waals surface area contributed by atoms with Crippen molar-refractivity contribution in [1.82, 2.24) is 14.8 Å². The van der Waals surface area contributed by atoms with Crippen LogP contribution >= 0.6 is 0 Å². The van der Waals surface area contributed by atoms with Crippen LogP contribution in [0.5, 0.6) is 0 Å². The summed E-state index contributed by atoms with van der Waals surface area (Å²) in [7, 11) is 0. The molecule has 0 radical (unpaired) electrons. The van der Waals surface area contributed by atoms with Gasteiger partial charge in [0.15, 0.2) is 5.82 Å². The van der Waals surface area contributed by atoms with Gasteiger partial charge in [-0.15, -0.1) is 10.2 Å². The van der Waals surface area contributed by atoms with Crippen LogP contribution < -0.4 is 0 Å². The first-order valence-corrected chi connectivity index (χ1v) is 11.3. The van der Waals surface area contributed by atoms with Crippen LogP contribution in [0.2, 0.25) is 0 Å². The van der Waals surface area contributed by atoms with Crippen LogP contribution in [0, 0.1) is 0 Å². The number of hydrogen-bond donors (Lipinski definition) is 0. The summed E-state index contributed by atoms with van der Waals surface area (Å²) in [6, 6.07) is 36.3. The second-order valence-electron chi connectivity index (χ2n) is 9.35. The maximum absolute atomic E-state index is 4.42. The van der Waals surface area contributed by atoms with E-state index in [1.54, 1.807) is 6.33 Å². The average Bonchev–Trinajstić information content (AvgIpc) is 3.34. The van der Waals surface area contributed by atoms with Gasteiger partial charge in [0.1, 0.15) is 6.33 Å². The van der Waals surface area contributed by atoms with E-state index >= 15 is 0 Å². The van der Waals surface area contributed by atoms with Gasteiger partial charge in [0.25, 0.3) is 0 Å². The molecule has 0 amide bonds. The molecule has 0 atom stereocenters. The third-order valence-corrected chi connectivity index (χ3v) is 6.01. The quantitative estimate of drug-likeness (QED) is 0.295. The summed E-state index contributed by atoms with van der Waals surface area (Å²) in [5.74, 6) is 0.840. The molecule has 162 valence electrons. The summed E-state index contributed by atoms with van der Waals surface area (Å²) in [5.41, 5.74) is 8.31. The van der Waals surface area contributed by atoms with E-state index in [9.17, 15) is 0 Å². The fourth-order valence-electron chi connectivity index (χ4n) is 4.06. The first kappa shape index (κ1) is 20.9. The van der Waals surface area contributed by atoms with Crippen LogP contribution in [-0.2, 0) is 5.41 Å². The summed E-state index contributed by atoms with van der Waals surface area (Å²) in [6.45, 7) is 6.67. The van der Waals surface area contributed by atoms with Gasteiger partial charge in [-0.25, -0.2) is 0 Å². The lowest BCUT2D eigenvalue weighted by Crippen LogP contribution is -2.10. The lowest BCUT2D eigenvalue weighted by Gasteiger charge is -2.19. The normalized spacial score (nSPS) is 11.5. The summed E-state index contributed by atoms with van der Waals surface area (Å²) < 4.78 is 2.05. The third kappa shape index (κ3) is 4.35. The molecule has 0 aliphatic rings. The molecule has 3 heteroatoms. The van der Waals surface area contributed by atoms with E-state index in [-0.39, 0.29) is 5.41 Å². The highest BCUT2D eigenvalue weighted by molar-refractivity contribution is 5.72. The summed E-state index contributed by atoms with van der Waals surface area (Å²) >= 11 is 0. The molecular formula is C30H27N3. The van der Waals surface area contributed by atoms with E-state index in [2.05, 4.69) is 128 Å². The molecule has 0 aliphatic heterocycles. The molecule has 0 bridgehead atoms. The Morgan fingerprint density at radius 1 is 0.576 bits per heavy atom. The maximum Gasteiger partial charge on any atom is 0.168 e. The molecule has 5 aromatic rings. The summed E-state index contributed by atoms with van der Waals surface area (Å²) in [4.78, 5) is 0. The monoisotopic (exact) mass is 429 g/mol. The van der Waals surface area contributed by atoms with Gasteiger partial charge in [-0.05, 0) is 45.4 Å². The average molecular weight is 430 g/mol. The van der Waals surface area contributed by atoms with Gasteiger partial charge < -0.3 is 0 Å². The predicted octanol–water partition coefficient (Wildman–Crippen LogP) is 7.57. The van der Waals surface area contributed by atoms with E-state index in [1.165, 1.54) is 22.3 Å². The van der Waals surface area contributed by atoms with Gasteiger partial charge in [0.05, 0.1) is 0 Å². The number of aromatic nitrogens is 3. The van der Waals surface area contributed by atoms with Crippen molar-refractivity contribution >= 4 is 0 Å². The number of rotatable bonds is 4. The minimum atomic E-state index is 0.122. The van der Waals surface area contributed by atoms with Crippen molar-refractivity contribution in [2.75, 3.05) is 0 Å². The second-order valence-corrected chi connectivity index (χ2v) is 9.35. The number of benzene rings is 4. The Balaban J connectivity index is 1.46. The standard InChI is InChI=1S/C30H27N3/c1-30(2,3)27-18-16-25(17-19-27)29-32-31-21-33(29)28-11-7-10-26(20-28)24-14-12-23(13-15-24)22-8-5-4-6-9-22/h4-21H,1-3H3. The van der Waals surface area contributed by atoms with Crippen molar-refractivity contribution in [2.45, 2.75) is 26.2 Å². The van der Waals surface area contributed by atoms with Crippen molar-refractivity contribution < 1.29 is 0 Å². The van der Waals surface area contributed by atoms with Gasteiger partial charge in [0.2, 0.25) is 0 Å². The summed E-state index contributed by atoms with van der Waals surface area (Å²) in [5, 5.41) is 8.62. The molecule has 1 aromatic heterocycles. The van der Waals surface area contributed by atoms with Crippen LogP contribution in [0.3, 0.4) is 0 Å². The first-order chi connectivity index (χ1) is 16.0. The van der Waals surface area contributed by atoms with E-state index in [0.717, 1.165) is 22.6 Å². The molecule has 33 heavy (non-hydrogen) atoms. The maximum atomic E-state index is 4.42. The van der Waals surface area contributed by atoms with E-state index in [0.29, 0.717) is 0 Å². The number of nitrogens with zero attached hydrogens (tertiary/aromatic N) is 3. The van der Waals surface area contributed by atoms with Crippen LogP contribution in [0.25, 0.3) is 39.3 Å². The zero-order valence-corrected chi connectivity index (χ0v) is 19.2. The van der Waals surface area contributed by atoms with E-state index in [1.807, 2.05) is 10.6 Å². The molecule has 1 heterocycles. The van der Waals surface area contributed by atoms with Gasteiger partial charge in [-0.1, -0.05) is 112 Å². The topological polar surface area (TPSA) is 30.7 Å². The molecule has 0 fully saturated rings. The Hall–Kier alpha value is -3.98. The molecule has 4 aromatic carbocycles. The van der Waals surface area contributed by atoms with Gasteiger partial charge in [-0.2, -0.15) is 0 Å². The lowest BCUT2D eigenvalue weighted by atomic mass is 9.87. The van der Waals surface area contributed by atoms with Crippen molar-refractivity contribution in [2.24, 2.45) is 0 Å². The van der Waals surface area contributed by atoms with Gasteiger partial charge >= 0.3 is 0 Å². The summed E-state index contributed by atoms with van der Waals surface area (Å²) in [6.07, 6.45) is 1.78. The molecule has 0 saturated carbocycles. The lowest BCUT2D eigenvalue weighted by molar-refractivity contribution is 0.590. The van der Waals surface area contributed by atoms with Crippen LogP contribution in [0.4, 0.5) is 0 Å². The smallest absolute Gasteiger partial charge is 0.168 e. The Morgan fingerprint density at radius 2 is 1.15 bits per heavy atom.